The third-order valence-corrected chi connectivity index (χ3v) is 5.64. The van der Waals surface area contributed by atoms with Gasteiger partial charge in [-0.15, -0.1) is 0 Å². The van der Waals surface area contributed by atoms with Gasteiger partial charge in [-0.1, -0.05) is 36.4 Å². The average molecular weight is 369 g/mol. The summed E-state index contributed by atoms with van der Waals surface area (Å²) in [6, 6.07) is 16.0. The number of rotatable bonds is 7. The molecule has 0 saturated heterocycles. The van der Waals surface area contributed by atoms with Gasteiger partial charge < -0.3 is 10.4 Å². The predicted octanol–water partition coefficient (Wildman–Crippen LogP) is 4.45. The van der Waals surface area contributed by atoms with Crippen molar-refractivity contribution < 1.29 is 14.7 Å². The summed E-state index contributed by atoms with van der Waals surface area (Å²) in [5, 5.41) is 11.7. The number of amides is 1. The molecule has 1 atom stereocenters. The summed E-state index contributed by atoms with van der Waals surface area (Å²) < 4.78 is 0. The summed E-state index contributed by atoms with van der Waals surface area (Å²) in [4.78, 5) is 23.4. The first-order valence-corrected chi connectivity index (χ1v) is 10.1. The number of aliphatic carboxylic acids is 1. The zero-order valence-corrected chi connectivity index (χ0v) is 15.4. The van der Waals surface area contributed by atoms with Gasteiger partial charge in [0.25, 0.3) is 0 Å². The fourth-order valence-electron chi connectivity index (χ4n) is 3.34. The molecule has 1 amide bonds. The third kappa shape index (κ3) is 4.88. The first kappa shape index (κ1) is 18.5. The number of benzene rings is 2. The monoisotopic (exact) mass is 369 g/mol. The van der Waals surface area contributed by atoms with Gasteiger partial charge in [0.15, 0.2) is 0 Å². The summed E-state index contributed by atoms with van der Waals surface area (Å²) in [6.07, 6.45) is 3.13. The van der Waals surface area contributed by atoms with Gasteiger partial charge in [-0.25, -0.2) is 0 Å². The number of fused-ring (bicyclic) bond motifs is 1. The van der Waals surface area contributed by atoms with E-state index in [1.807, 2.05) is 36.4 Å². The molecule has 0 bridgehead atoms. The standard InChI is InChI=1S/C21H23NO3S/c23-20(24)11-12-26-14-15-5-3-8-17(13-15)22-21(25)19-10-4-7-16-6-1-2-9-18(16)19/h1-3,5-6,8-9,13,19H,4,7,10-12,14H2,(H,22,25)(H,23,24). The van der Waals surface area contributed by atoms with Crippen molar-refractivity contribution >= 4 is 29.3 Å². The largest absolute Gasteiger partial charge is 0.481 e. The van der Waals surface area contributed by atoms with Crippen LogP contribution in [0.1, 0.15) is 41.9 Å². The topological polar surface area (TPSA) is 66.4 Å². The molecule has 26 heavy (non-hydrogen) atoms. The molecule has 0 fully saturated rings. The van der Waals surface area contributed by atoms with Crippen LogP contribution in [0.4, 0.5) is 5.69 Å². The smallest absolute Gasteiger partial charge is 0.304 e. The van der Waals surface area contributed by atoms with Crippen molar-refractivity contribution in [1.82, 2.24) is 0 Å². The van der Waals surface area contributed by atoms with E-state index in [9.17, 15) is 9.59 Å². The molecule has 136 valence electrons. The molecule has 0 aromatic heterocycles. The normalized spacial score (nSPS) is 15.9. The molecule has 0 aliphatic heterocycles. The molecule has 1 unspecified atom stereocenters. The van der Waals surface area contributed by atoms with Gasteiger partial charge >= 0.3 is 5.97 Å². The number of carboxylic acids is 1. The number of aryl methyl sites for hydroxylation is 1. The number of hydrogen-bond acceptors (Lipinski definition) is 3. The fraction of sp³-hybridized carbons (Fsp3) is 0.333. The van der Waals surface area contributed by atoms with Crippen molar-refractivity contribution in [2.45, 2.75) is 37.4 Å². The summed E-state index contributed by atoms with van der Waals surface area (Å²) in [7, 11) is 0. The van der Waals surface area contributed by atoms with Crippen molar-refractivity contribution in [3.05, 3.63) is 65.2 Å². The molecule has 1 aliphatic rings. The lowest BCUT2D eigenvalue weighted by Crippen LogP contribution is -2.24. The van der Waals surface area contributed by atoms with Crippen LogP contribution in [0.5, 0.6) is 0 Å². The number of nitrogens with one attached hydrogen (secondary N) is 1. The van der Waals surface area contributed by atoms with Crippen molar-refractivity contribution in [3.63, 3.8) is 0 Å². The Bertz CT molecular complexity index is 790. The molecule has 4 nitrogen and oxygen atoms in total. The van der Waals surface area contributed by atoms with Crippen LogP contribution in [0.25, 0.3) is 0 Å². The zero-order valence-electron chi connectivity index (χ0n) is 14.6. The molecule has 0 radical (unpaired) electrons. The summed E-state index contributed by atoms with van der Waals surface area (Å²) in [5.74, 6) is 0.515. The molecule has 2 aromatic rings. The Morgan fingerprint density at radius 2 is 2.00 bits per heavy atom. The van der Waals surface area contributed by atoms with Crippen LogP contribution in [0.3, 0.4) is 0 Å². The minimum Gasteiger partial charge on any atom is -0.481 e. The van der Waals surface area contributed by atoms with Crippen molar-refractivity contribution in [1.29, 1.82) is 0 Å². The van der Waals surface area contributed by atoms with Gasteiger partial charge in [0, 0.05) is 17.2 Å². The van der Waals surface area contributed by atoms with Crippen LogP contribution in [0.2, 0.25) is 0 Å². The van der Waals surface area contributed by atoms with E-state index in [0.29, 0.717) is 5.75 Å². The van der Waals surface area contributed by atoms with Crippen LogP contribution in [-0.2, 0) is 21.8 Å². The lowest BCUT2D eigenvalue weighted by molar-refractivity contribution is -0.136. The van der Waals surface area contributed by atoms with Crippen LogP contribution < -0.4 is 5.32 Å². The van der Waals surface area contributed by atoms with E-state index in [2.05, 4.69) is 17.4 Å². The number of carboxylic acid groups (broad SMARTS) is 1. The maximum absolute atomic E-state index is 12.8. The van der Waals surface area contributed by atoms with Gasteiger partial charge in [0.05, 0.1) is 12.3 Å². The van der Waals surface area contributed by atoms with E-state index in [0.717, 1.165) is 41.8 Å². The van der Waals surface area contributed by atoms with Crippen LogP contribution >= 0.6 is 11.8 Å². The Morgan fingerprint density at radius 3 is 2.85 bits per heavy atom. The minimum absolute atomic E-state index is 0.0489. The van der Waals surface area contributed by atoms with Crippen LogP contribution in [0, 0.1) is 0 Å². The van der Waals surface area contributed by atoms with Gasteiger partial charge in [-0.05, 0) is 48.1 Å². The van der Waals surface area contributed by atoms with Gasteiger partial charge in [0.2, 0.25) is 5.91 Å². The number of carbonyl (C=O) groups excluding carboxylic acids is 1. The molecule has 0 saturated carbocycles. The number of thioether (sulfide) groups is 1. The van der Waals surface area contributed by atoms with Gasteiger partial charge in [-0.3, -0.25) is 9.59 Å². The third-order valence-electron chi connectivity index (χ3n) is 4.61. The summed E-state index contributed by atoms with van der Waals surface area (Å²) in [6.45, 7) is 0. The Kier molecular flexibility index (Phi) is 6.34. The lowest BCUT2D eigenvalue weighted by Gasteiger charge is -2.24. The molecular weight excluding hydrogens is 346 g/mol. The van der Waals surface area contributed by atoms with Crippen molar-refractivity contribution in [2.24, 2.45) is 0 Å². The first-order chi connectivity index (χ1) is 12.6. The average Bonchev–Trinajstić information content (AvgIpc) is 2.65. The van der Waals surface area contributed by atoms with E-state index in [4.69, 9.17) is 5.11 Å². The fourth-order valence-corrected chi connectivity index (χ4v) is 4.22. The molecule has 0 spiro atoms. The quantitative estimate of drug-likeness (QED) is 0.708. The van der Waals surface area contributed by atoms with Gasteiger partial charge in [0.1, 0.15) is 0 Å². The second-order valence-electron chi connectivity index (χ2n) is 6.53. The maximum Gasteiger partial charge on any atom is 0.304 e. The second kappa shape index (κ2) is 8.90. The first-order valence-electron chi connectivity index (χ1n) is 8.90. The van der Waals surface area contributed by atoms with E-state index in [1.165, 1.54) is 5.56 Å². The summed E-state index contributed by atoms with van der Waals surface area (Å²) in [5.41, 5.74) is 4.32. The highest BCUT2D eigenvalue weighted by Crippen LogP contribution is 2.32. The number of carbonyl (C=O) groups is 2. The molecule has 1 aliphatic carbocycles. The second-order valence-corrected chi connectivity index (χ2v) is 7.63. The highest BCUT2D eigenvalue weighted by atomic mass is 32.2. The van der Waals surface area contributed by atoms with Crippen LogP contribution in [0.15, 0.2) is 48.5 Å². The lowest BCUT2D eigenvalue weighted by atomic mass is 9.82. The molecule has 2 aromatic carbocycles. The van der Waals surface area contributed by atoms with Crippen molar-refractivity contribution in [3.8, 4) is 0 Å². The SMILES string of the molecule is O=C(O)CCSCc1cccc(NC(=O)C2CCCc3ccccc32)c1. The van der Waals surface area contributed by atoms with E-state index < -0.39 is 5.97 Å². The number of hydrogen-bond donors (Lipinski definition) is 2. The zero-order chi connectivity index (χ0) is 18.4. The van der Waals surface area contributed by atoms with E-state index in [1.54, 1.807) is 11.8 Å². The molecule has 0 heterocycles. The van der Waals surface area contributed by atoms with E-state index in [-0.39, 0.29) is 18.2 Å². The van der Waals surface area contributed by atoms with Gasteiger partial charge in [-0.2, -0.15) is 11.8 Å². The Balaban J connectivity index is 1.61. The molecule has 3 rings (SSSR count). The highest BCUT2D eigenvalue weighted by molar-refractivity contribution is 7.98. The number of anilines is 1. The predicted molar refractivity (Wildman–Crippen MR) is 106 cm³/mol. The maximum atomic E-state index is 12.8. The molecule has 5 heteroatoms. The summed E-state index contributed by atoms with van der Waals surface area (Å²) >= 11 is 1.59. The Labute approximate surface area is 158 Å². The Morgan fingerprint density at radius 1 is 1.15 bits per heavy atom. The minimum atomic E-state index is -0.772. The molecular formula is C21H23NO3S. The highest BCUT2D eigenvalue weighted by Gasteiger charge is 2.26. The van der Waals surface area contributed by atoms with Crippen molar-refractivity contribution in [2.75, 3.05) is 11.1 Å². The van der Waals surface area contributed by atoms with Crippen LogP contribution in [-0.4, -0.2) is 22.7 Å². The molecule has 2 N–H and O–H groups in total. The Hall–Kier alpha value is -2.27. The van der Waals surface area contributed by atoms with E-state index >= 15 is 0 Å².